The summed E-state index contributed by atoms with van der Waals surface area (Å²) >= 11 is 11.2. The molecule has 0 aliphatic heterocycles. The predicted octanol–water partition coefficient (Wildman–Crippen LogP) is 2.60. The highest BCUT2D eigenvalue weighted by atomic mass is 35.5. The molecule has 0 aromatic heterocycles. The molecule has 102 valence electrons. The summed E-state index contributed by atoms with van der Waals surface area (Å²) in [5, 5.41) is 0. The number of halogens is 3. The number of sulfonamides is 1. The molecule has 7 heteroatoms. The van der Waals surface area contributed by atoms with Crippen molar-refractivity contribution in [3.05, 3.63) is 29.6 Å². The van der Waals surface area contributed by atoms with Crippen molar-refractivity contribution in [3.8, 4) is 0 Å². The number of aryl methyl sites for hydroxylation is 1. The highest BCUT2D eigenvalue weighted by molar-refractivity contribution is 7.89. The van der Waals surface area contributed by atoms with Crippen LogP contribution in [0.25, 0.3) is 0 Å². The van der Waals surface area contributed by atoms with Crippen LogP contribution in [-0.2, 0) is 10.0 Å². The van der Waals surface area contributed by atoms with Gasteiger partial charge in [0.1, 0.15) is 5.82 Å². The number of rotatable bonds is 6. The van der Waals surface area contributed by atoms with Crippen LogP contribution >= 0.6 is 23.2 Å². The van der Waals surface area contributed by atoms with E-state index in [2.05, 4.69) is 0 Å². The summed E-state index contributed by atoms with van der Waals surface area (Å²) in [7, 11) is -3.68. The second-order valence-electron chi connectivity index (χ2n) is 3.69. The molecule has 0 spiro atoms. The van der Waals surface area contributed by atoms with E-state index in [4.69, 9.17) is 23.2 Å². The lowest BCUT2D eigenvalue weighted by molar-refractivity contribution is 0.448. The van der Waals surface area contributed by atoms with Crippen molar-refractivity contribution in [1.82, 2.24) is 4.31 Å². The first kappa shape index (κ1) is 15.7. The maximum absolute atomic E-state index is 13.0. The van der Waals surface area contributed by atoms with Crippen molar-refractivity contribution < 1.29 is 12.8 Å². The number of hydrogen-bond acceptors (Lipinski definition) is 2. The molecule has 0 saturated carbocycles. The zero-order valence-electron chi connectivity index (χ0n) is 9.87. The van der Waals surface area contributed by atoms with Crippen LogP contribution in [0, 0.1) is 12.7 Å². The largest absolute Gasteiger partial charge is 0.243 e. The normalized spacial score (nSPS) is 12.1. The Morgan fingerprint density at radius 3 is 2.22 bits per heavy atom. The first-order chi connectivity index (χ1) is 8.43. The summed E-state index contributed by atoms with van der Waals surface area (Å²) < 4.78 is 38.8. The molecule has 3 nitrogen and oxygen atoms in total. The summed E-state index contributed by atoms with van der Waals surface area (Å²) in [4.78, 5) is 0.0825. The van der Waals surface area contributed by atoms with Gasteiger partial charge in [0.2, 0.25) is 10.0 Å². The number of alkyl halides is 2. The van der Waals surface area contributed by atoms with E-state index in [1.807, 2.05) is 0 Å². The molecule has 0 aliphatic carbocycles. The van der Waals surface area contributed by atoms with Crippen molar-refractivity contribution in [2.24, 2.45) is 0 Å². The van der Waals surface area contributed by atoms with E-state index in [1.165, 1.54) is 16.4 Å². The van der Waals surface area contributed by atoms with Crippen molar-refractivity contribution in [1.29, 1.82) is 0 Å². The molecule has 0 radical (unpaired) electrons. The number of hydrogen-bond donors (Lipinski definition) is 0. The molecule has 1 aromatic rings. The average Bonchev–Trinajstić information content (AvgIpc) is 2.28. The van der Waals surface area contributed by atoms with Crippen LogP contribution in [0.15, 0.2) is 23.1 Å². The number of nitrogens with zero attached hydrogens (tertiary/aromatic N) is 1. The minimum atomic E-state index is -3.68. The lowest BCUT2D eigenvalue weighted by Gasteiger charge is -2.21. The molecule has 0 fully saturated rings. The summed E-state index contributed by atoms with van der Waals surface area (Å²) in [6, 6.07) is 3.57. The van der Waals surface area contributed by atoms with Crippen LogP contribution in [0.1, 0.15) is 5.56 Å². The van der Waals surface area contributed by atoms with Gasteiger partial charge in [-0.05, 0) is 30.7 Å². The van der Waals surface area contributed by atoms with Gasteiger partial charge in [0.05, 0.1) is 4.90 Å². The maximum Gasteiger partial charge on any atom is 0.243 e. The van der Waals surface area contributed by atoms with Gasteiger partial charge in [-0.25, -0.2) is 12.8 Å². The molecule has 0 saturated heterocycles. The first-order valence-corrected chi connectivity index (χ1v) is 7.82. The fourth-order valence-corrected chi connectivity index (χ4v) is 3.84. The predicted molar refractivity (Wildman–Crippen MR) is 71.3 cm³/mol. The molecule has 0 N–H and O–H groups in total. The van der Waals surface area contributed by atoms with Gasteiger partial charge < -0.3 is 0 Å². The summed E-state index contributed by atoms with van der Waals surface area (Å²) in [5.74, 6) is -0.111. The SMILES string of the molecule is Cc1cc(F)ccc1S(=O)(=O)N(CCCl)CCCl. The molecule has 0 amide bonds. The number of benzene rings is 1. The van der Waals surface area contributed by atoms with Gasteiger partial charge in [-0.1, -0.05) is 0 Å². The van der Waals surface area contributed by atoms with Crippen LogP contribution < -0.4 is 0 Å². The van der Waals surface area contributed by atoms with E-state index in [9.17, 15) is 12.8 Å². The molecule has 1 aromatic carbocycles. The third kappa shape index (κ3) is 3.57. The Morgan fingerprint density at radius 2 is 1.78 bits per heavy atom. The van der Waals surface area contributed by atoms with Crippen LogP contribution in [0.2, 0.25) is 0 Å². The molecular formula is C11H14Cl2FNO2S. The molecule has 0 bridgehead atoms. The van der Waals surface area contributed by atoms with Crippen LogP contribution in [0.3, 0.4) is 0 Å². The second kappa shape index (κ2) is 6.70. The van der Waals surface area contributed by atoms with Crippen molar-refractivity contribution in [2.75, 3.05) is 24.8 Å². The minimum Gasteiger partial charge on any atom is -0.207 e. The minimum absolute atomic E-state index is 0.0825. The Labute approximate surface area is 117 Å². The van der Waals surface area contributed by atoms with E-state index in [1.54, 1.807) is 6.92 Å². The van der Waals surface area contributed by atoms with E-state index in [0.29, 0.717) is 5.56 Å². The standard InChI is InChI=1S/C11H14Cl2FNO2S/c1-9-8-10(14)2-3-11(9)18(16,17)15(6-4-12)7-5-13/h2-3,8H,4-7H2,1H3. The quantitative estimate of drug-likeness (QED) is 0.757. The van der Waals surface area contributed by atoms with E-state index in [0.717, 1.165) is 6.07 Å². The maximum atomic E-state index is 13.0. The Hall–Kier alpha value is -0.360. The fourth-order valence-electron chi connectivity index (χ4n) is 1.58. The first-order valence-electron chi connectivity index (χ1n) is 5.31. The van der Waals surface area contributed by atoms with Gasteiger partial charge in [0.15, 0.2) is 0 Å². The van der Waals surface area contributed by atoms with Crippen molar-refractivity contribution in [3.63, 3.8) is 0 Å². The Kier molecular flexibility index (Phi) is 5.85. The van der Waals surface area contributed by atoms with Crippen LogP contribution in [0.4, 0.5) is 4.39 Å². The van der Waals surface area contributed by atoms with Gasteiger partial charge in [-0.2, -0.15) is 4.31 Å². The van der Waals surface area contributed by atoms with Gasteiger partial charge >= 0.3 is 0 Å². The monoisotopic (exact) mass is 313 g/mol. The van der Waals surface area contributed by atoms with Gasteiger partial charge in [0, 0.05) is 24.8 Å². The third-order valence-corrected chi connectivity index (χ3v) is 4.82. The molecule has 0 aliphatic rings. The topological polar surface area (TPSA) is 37.4 Å². The summed E-state index contributed by atoms with van der Waals surface area (Å²) in [6.45, 7) is 1.90. The zero-order chi connectivity index (χ0) is 13.8. The lowest BCUT2D eigenvalue weighted by Crippen LogP contribution is -2.34. The van der Waals surface area contributed by atoms with Gasteiger partial charge in [0.25, 0.3) is 0 Å². The van der Waals surface area contributed by atoms with Gasteiger partial charge in [-0.3, -0.25) is 0 Å². The fraction of sp³-hybridized carbons (Fsp3) is 0.455. The van der Waals surface area contributed by atoms with Gasteiger partial charge in [-0.15, -0.1) is 23.2 Å². The summed E-state index contributed by atoms with van der Waals surface area (Å²) in [5.41, 5.74) is 0.365. The Balaban J connectivity index is 3.17. The molecule has 1 rings (SSSR count). The Morgan fingerprint density at radius 1 is 1.22 bits per heavy atom. The van der Waals surface area contributed by atoms with Crippen molar-refractivity contribution >= 4 is 33.2 Å². The lowest BCUT2D eigenvalue weighted by atomic mass is 10.2. The Bertz CT molecular complexity index is 502. The van der Waals surface area contributed by atoms with E-state index in [-0.39, 0.29) is 29.7 Å². The molecule has 18 heavy (non-hydrogen) atoms. The molecule has 0 heterocycles. The summed E-state index contributed by atoms with van der Waals surface area (Å²) in [6.07, 6.45) is 0. The average molecular weight is 314 g/mol. The highest BCUT2D eigenvalue weighted by Crippen LogP contribution is 2.20. The molecule has 0 atom stereocenters. The smallest absolute Gasteiger partial charge is 0.207 e. The molecule has 0 unspecified atom stereocenters. The van der Waals surface area contributed by atoms with E-state index < -0.39 is 15.8 Å². The van der Waals surface area contributed by atoms with Crippen molar-refractivity contribution in [2.45, 2.75) is 11.8 Å². The zero-order valence-corrected chi connectivity index (χ0v) is 12.2. The van der Waals surface area contributed by atoms with Crippen LogP contribution in [0.5, 0.6) is 0 Å². The second-order valence-corrected chi connectivity index (χ2v) is 6.35. The molecular weight excluding hydrogens is 300 g/mol. The highest BCUT2D eigenvalue weighted by Gasteiger charge is 2.25. The van der Waals surface area contributed by atoms with E-state index >= 15 is 0 Å². The van der Waals surface area contributed by atoms with Crippen LogP contribution in [-0.4, -0.2) is 37.6 Å². The third-order valence-electron chi connectivity index (χ3n) is 2.42.